The van der Waals surface area contributed by atoms with Gasteiger partial charge in [-0.3, -0.25) is 9.69 Å². The molecular weight excluding hydrogens is 398 g/mol. The number of carbonyl (C=O) groups is 2. The molecule has 2 aromatic rings. The van der Waals surface area contributed by atoms with Crippen LogP contribution in [0.5, 0.6) is 11.5 Å². The van der Waals surface area contributed by atoms with Crippen LogP contribution < -0.4 is 9.47 Å². The number of hydrogen-bond acceptors (Lipinski definition) is 6. The molecule has 1 atom stereocenters. The lowest BCUT2D eigenvalue weighted by atomic mass is 9.90. The minimum atomic E-state index is -1.24. The van der Waals surface area contributed by atoms with Crippen LogP contribution in [0.15, 0.2) is 48.5 Å². The summed E-state index contributed by atoms with van der Waals surface area (Å²) >= 11 is 0. The van der Waals surface area contributed by atoms with E-state index in [9.17, 15) is 14.7 Å². The summed E-state index contributed by atoms with van der Waals surface area (Å²) in [7, 11) is 4.98. The summed E-state index contributed by atoms with van der Waals surface area (Å²) < 4.78 is 16.3. The van der Waals surface area contributed by atoms with Gasteiger partial charge in [0.15, 0.2) is 0 Å². The summed E-state index contributed by atoms with van der Waals surface area (Å²) in [6.45, 7) is 1.48. The van der Waals surface area contributed by atoms with Gasteiger partial charge in [0.05, 0.1) is 13.5 Å². The zero-order chi connectivity index (χ0) is 22.9. The van der Waals surface area contributed by atoms with Crippen LogP contribution in [0.25, 0.3) is 0 Å². The van der Waals surface area contributed by atoms with Crippen molar-refractivity contribution >= 4 is 11.9 Å². The molecule has 0 saturated carbocycles. The van der Waals surface area contributed by atoms with Gasteiger partial charge < -0.3 is 19.3 Å². The first-order valence-electron chi connectivity index (χ1n) is 10.2. The normalized spacial score (nSPS) is 12.8. The first-order chi connectivity index (χ1) is 14.8. The number of carboxylic acid groups (broad SMARTS) is 1. The second-order valence-corrected chi connectivity index (χ2v) is 7.50. The Kier molecular flexibility index (Phi) is 8.88. The fourth-order valence-corrected chi connectivity index (χ4v) is 3.49. The van der Waals surface area contributed by atoms with E-state index in [2.05, 4.69) is 0 Å². The van der Waals surface area contributed by atoms with E-state index in [-0.39, 0.29) is 13.2 Å². The van der Waals surface area contributed by atoms with E-state index < -0.39 is 17.5 Å². The highest BCUT2D eigenvalue weighted by Crippen LogP contribution is 2.25. The summed E-state index contributed by atoms with van der Waals surface area (Å²) in [4.78, 5) is 25.6. The number of likely N-dealkylation sites (N-methyl/N-ethyl adjacent to an activating group) is 1. The smallest absolute Gasteiger partial charge is 0.330 e. The molecular formula is C24H31NO6. The summed E-state index contributed by atoms with van der Waals surface area (Å²) in [5, 5.41) is 9.23. The predicted molar refractivity (Wildman–Crippen MR) is 117 cm³/mol. The van der Waals surface area contributed by atoms with Crippen molar-refractivity contribution in [2.45, 2.75) is 38.1 Å². The molecule has 0 fully saturated rings. The number of aliphatic carboxylic acids is 1. The van der Waals surface area contributed by atoms with Gasteiger partial charge in [-0.25, -0.2) is 4.79 Å². The molecule has 0 saturated heterocycles. The van der Waals surface area contributed by atoms with Crippen molar-refractivity contribution in [2.24, 2.45) is 0 Å². The van der Waals surface area contributed by atoms with E-state index in [0.29, 0.717) is 12.2 Å². The topological polar surface area (TPSA) is 85.3 Å². The molecule has 1 unspecified atom stereocenters. The van der Waals surface area contributed by atoms with Gasteiger partial charge in [-0.15, -0.1) is 0 Å². The van der Waals surface area contributed by atoms with Crippen LogP contribution in [0.2, 0.25) is 0 Å². The molecule has 0 aliphatic heterocycles. The van der Waals surface area contributed by atoms with Crippen molar-refractivity contribution < 1.29 is 28.9 Å². The molecule has 2 aromatic carbocycles. The zero-order valence-corrected chi connectivity index (χ0v) is 18.6. The predicted octanol–water partition coefficient (Wildman–Crippen LogP) is 3.55. The van der Waals surface area contributed by atoms with Crippen LogP contribution in [0, 0.1) is 0 Å². The number of carboxylic acids is 1. The number of methoxy groups -OCH3 is 1. The first kappa shape index (κ1) is 24.2. The minimum absolute atomic E-state index is 0.287. The molecule has 0 aliphatic rings. The van der Waals surface area contributed by atoms with Gasteiger partial charge in [-0.1, -0.05) is 37.3 Å². The maximum Gasteiger partial charge on any atom is 0.330 e. The third-order valence-electron chi connectivity index (χ3n) is 5.46. The Hall–Kier alpha value is -3.06. The van der Waals surface area contributed by atoms with Gasteiger partial charge in [0.1, 0.15) is 17.0 Å². The average Bonchev–Trinajstić information content (AvgIpc) is 2.76. The van der Waals surface area contributed by atoms with Crippen LogP contribution >= 0.6 is 0 Å². The Morgan fingerprint density at radius 3 is 2.45 bits per heavy atom. The molecule has 0 aromatic heterocycles. The molecule has 31 heavy (non-hydrogen) atoms. The van der Waals surface area contributed by atoms with Gasteiger partial charge in [0, 0.05) is 0 Å². The van der Waals surface area contributed by atoms with Crippen LogP contribution in [0.4, 0.5) is 0 Å². The maximum absolute atomic E-state index is 12.7. The maximum atomic E-state index is 12.7. The highest BCUT2D eigenvalue weighted by molar-refractivity contribution is 5.86. The van der Waals surface area contributed by atoms with Crippen molar-refractivity contribution in [3.05, 3.63) is 59.7 Å². The molecule has 0 heterocycles. The molecule has 0 aliphatic carbocycles. The average molecular weight is 430 g/mol. The number of nitrogens with zero attached hydrogens (tertiary/aromatic N) is 1. The van der Waals surface area contributed by atoms with Gasteiger partial charge >= 0.3 is 11.9 Å². The number of para-hydroxylation sites is 1. The quantitative estimate of drug-likeness (QED) is 0.408. The van der Waals surface area contributed by atoms with Crippen molar-refractivity contribution in [1.29, 1.82) is 0 Å². The minimum Gasteiger partial charge on any atom is -0.497 e. The third kappa shape index (κ3) is 6.46. The molecule has 168 valence electrons. The molecule has 0 radical (unpaired) electrons. The monoisotopic (exact) mass is 429 g/mol. The number of aryl methyl sites for hydroxylation is 2. The number of rotatable bonds is 12. The molecule has 0 spiro atoms. The van der Waals surface area contributed by atoms with Gasteiger partial charge in [-0.2, -0.15) is 0 Å². The molecule has 7 heteroatoms. The summed E-state index contributed by atoms with van der Waals surface area (Å²) in [5.74, 6) is -0.230. The highest BCUT2D eigenvalue weighted by Gasteiger charge is 2.43. The third-order valence-corrected chi connectivity index (χ3v) is 5.46. The number of carbonyl (C=O) groups excluding carboxylic acids is 1. The van der Waals surface area contributed by atoms with E-state index in [0.717, 1.165) is 29.7 Å². The molecule has 2 rings (SSSR count). The highest BCUT2D eigenvalue weighted by atomic mass is 16.7. The second-order valence-electron chi connectivity index (χ2n) is 7.50. The summed E-state index contributed by atoms with van der Waals surface area (Å²) in [6.07, 6.45) is 1.51. The SMILES string of the molecule is CCC(CC(=O)O)(C(=O)OCOc1ccccc1CCc1cccc(OC)c1)N(C)C. The van der Waals surface area contributed by atoms with Gasteiger partial charge in [0.25, 0.3) is 0 Å². The summed E-state index contributed by atoms with van der Waals surface area (Å²) in [5.41, 5.74) is 0.899. The Morgan fingerprint density at radius 1 is 1.06 bits per heavy atom. The number of ether oxygens (including phenoxy) is 3. The Labute approximate surface area is 183 Å². The lowest BCUT2D eigenvalue weighted by Crippen LogP contribution is -2.53. The van der Waals surface area contributed by atoms with Crippen molar-refractivity contribution in [2.75, 3.05) is 28.0 Å². The zero-order valence-electron chi connectivity index (χ0n) is 18.6. The second kappa shape index (κ2) is 11.4. The standard InChI is InChI=1S/C24H31NO6/c1-5-24(25(2)3,16-22(26)27)23(28)31-17-30-21-12-7-6-10-19(21)14-13-18-9-8-11-20(15-18)29-4/h6-12,15H,5,13-14,16-17H2,1-4H3,(H,26,27). The Balaban J connectivity index is 2.00. The molecule has 0 bridgehead atoms. The summed E-state index contributed by atoms with van der Waals surface area (Å²) in [6, 6.07) is 15.5. The van der Waals surface area contributed by atoms with Crippen LogP contribution in [-0.2, 0) is 27.2 Å². The lowest BCUT2D eigenvalue weighted by molar-refractivity contribution is -0.168. The van der Waals surface area contributed by atoms with Crippen molar-refractivity contribution in [3.63, 3.8) is 0 Å². The van der Waals surface area contributed by atoms with Gasteiger partial charge in [0.2, 0.25) is 6.79 Å². The number of hydrogen-bond donors (Lipinski definition) is 1. The van der Waals surface area contributed by atoms with E-state index in [1.807, 2.05) is 48.5 Å². The van der Waals surface area contributed by atoms with Crippen LogP contribution in [0.3, 0.4) is 0 Å². The van der Waals surface area contributed by atoms with Crippen LogP contribution in [0.1, 0.15) is 30.9 Å². The Bertz CT molecular complexity index is 882. The largest absolute Gasteiger partial charge is 0.497 e. The van der Waals surface area contributed by atoms with Crippen LogP contribution in [-0.4, -0.2) is 55.5 Å². The van der Waals surface area contributed by atoms with Crippen molar-refractivity contribution in [3.8, 4) is 11.5 Å². The van der Waals surface area contributed by atoms with Crippen molar-refractivity contribution in [1.82, 2.24) is 4.90 Å². The Morgan fingerprint density at radius 2 is 1.81 bits per heavy atom. The van der Waals surface area contributed by atoms with E-state index in [1.165, 1.54) is 0 Å². The van der Waals surface area contributed by atoms with E-state index >= 15 is 0 Å². The fourth-order valence-electron chi connectivity index (χ4n) is 3.49. The van der Waals surface area contributed by atoms with E-state index in [4.69, 9.17) is 14.2 Å². The molecule has 7 nitrogen and oxygen atoms in total. The fraction of sp³-hybridized carbons (Fsp3) is 0.417. The first-order valence-corrected chi connectivity index (χ1v) is 10.2. The van der Waals surface area contributed by atoms with Gasteiger partial charge in [-0.05, 0) is 62.7 Å². The molecule has 1 N–H and O–H groups in total. The number of benzene rings is 2. The molecule has 0 amide bonds. The van der Waals surface area contributed by atoms with E-state index in [1.54, 1.807) is 33.0 Å². The number of esters is 1. The lowest BCUT2D eigenvalue weighted by Gasteiger charge is -2.35.